The molecule has 0 radical (unpaired) electrons. The van der Waals surface area contributed by atoms with Crippen molar-refractivity contribution < 1.29 is 4.79 Å². The van der Waals surface area contributed by atoms with Crippen molar-refractivity contribution in [3.63, 3.8) is 0 Å². The number of carbonyl (C=O) groups excluding carboxylic acids is 1. The first kappa shape index (κ1) is 11.5. The number of amides is 1. The van der Waals surface area contributed by atoms with Crippen LogP contribution in [0, 0.1) is 6.92 Å². The van der Waals surface area contributed by atoms with Crippen LogP contribution >= 0.6 is 0 Å². The second kappa shape index (κ2) is 3.98. The first-order chi connectivity index (χ1) is 9.06. The van der Waals surface area contributed by atoms with E-state index in [0.717, 1.165) is 16.8 Å². The molecule has 0 saturated carbocycles. The Morgan fingerprint density at radius 1 is 1.26 bits per heavy atom. The van der Waals surface area contributed by atoms with Gasteiger partial charge in [0.1, 0.15) is 5.82 Å². The predicted molar refractivity (Wildman–Crippen MR) is 75.1 cm³/mol. The number of anilines is 4. The van der Waals surface area contributed by atoms with Gasteiger partial charge in [-0.25, -0.2) is 4.98 Å². The molecule has 1 aromatic heterocycles. The van der Waals surface area contributed by atoms with Gasteiger partial charge < -0.3 is 11.5 Å². The van der Waals surface area contributed by atoms with Crippen molar-refractivity contribution in [3.8, 4) is 0 Å². The molecule has 0 bridgehead atoms. The van der Waals surface area contributed by atoms with Crippen LogP contribution < -0.4 is 16.4 Å². The number of carbonyl (C=O) groups is 1. The number of fused-ring (bicyclic) bond motifs is 1. The largest absolute Gasteiger partial charge is 0.399 e. The summed E-state index contributed by atoms with van der Waals surface area (Å²) in [6, 6.07) is 7.29. The lowest BCUT2D eigenvalue weighted by molar-refractivity contribution is -0.116. The molecule has 0 atom stereocenters. The van der Waals surface area contributed by atoms with Crippen LogP contribution in [0.25, 0.3) is 0 Å². The molecule has 5 heteroatoms. The highest BCUT2D eigenvalue weighted by Crippen LogP contribution is 2.36. The molecule has 1 aromatic carbocycles. The number of aryl methyl sites for hydroxylation is 1. The van der Waals surface area contributed by atoms with E-state index in [0.29, 0.717) is 23.6 Å². The number of aromatic nitrogens is 1. The molecule has 2 heterocycles. The Labute approximate surface area is 110 Å². The standard InChI is InChI=1S/C14H14N4O/c1-8-4-13(17-7-11(8)16)18-12-3-2-10(15)5-9(12)6-14(18)19/h2-5,7H,6,15-16H2,1H3. The van der Waals surface area contributed by atoms with Crippen molar-refractivity contribution in [1.29, 1.82) is 0 Å². The lowest BCUT2D eigenvalue weighted by Crippen LogP contribution is -2.22. The van der Waals surface area contributed by atoms with E-state index < -0.39 is 0 Å². The monoisotopic (exact) mass is 254 g/mol. The molecule has 2 aromatic rings. The van der Waals surface area contributed by atoms with Crippen LogP contribution in [0.5, 0.6) is 0 Å². The zero-order valence-electron chi connectivity index (χ0n) is 10.6. The van der Waals surface area contributed by atoms with Gasteiger partial charge in [0.2, 0.25) is 5.91 Å². The Bertz CT molecular complexity index is 681. The quantitative estimate of drug-likeness (QED) is 0.759. The van der Waals surface area contributed by atoms with Crippen molar-refractivity contribution >= 4 is 28.8 Å². The Kier molecular flexibility index (Phi) is 2.41. The number of hydrogen-bond acceptors (Lipinski definition) is 4. The van der Waals surface area contributed by atoms with Crippen LogP contribution in [-0.2, 0) is 11.2 Å². The van der Waals surface area contributed by atoms with Gasteiger partial charge in [-0.2, -0.15) is 0 Å². The molecular weight excluding hydrogens is 240 g/mol. The van der Waals surface area contributed by atoms with Gasteiger partial charge in [0, 0.05) is 5.69 Å². The van der Waals surface area contributed by atoms with E-state index in [1.165, 1.54) is 0 Å². The fourth-order valence-electron chi connectivity index (χ4n) is 2.27. The van der Waals surface area contributed by atoms with Gasteiger partial charge in [0.15, 0.2) is 0 Å². The topological polar surface area (TPSA) is 85.2 Å². The summed E-state index contributed by atoms with van der Waals surface area (Å²) < 4.78 is 0. The maximum Gasteiger partial charge on any atom is 0.237 e. The van der Waals surface area contributed by atoms with Gasteiger partial charge in [-0.3, -0.25) is 9.69 Å². The van der Waals surface area contributed by atoms with Gasteiger partial charge >= 0.3 is 0 Å². The average Bonchev–Trinajstić information content (AvgIpc) is 2.68. The summed E-state index contributed by atoms with van der Waals surface area (Å²) >= 11 is 0. The average molecular weight is 254 g/mol. The second-order valence-electron chi connectivity index (χ2n) is 4.69. The number of nitrogens with two attached hydrogens (primary N) is 2. The minimum absolute atomic E-state index is 0.00253. The summed E-state index contributed by atoms with van der Waals surface area (Å²) in [6.45, 7) is 1.89. The van der Waals surface area contributed by atoms with Gasteiger partial charge in [0.05, 0.1) is 24.0 Å². The molecule has 1 aliphatic rings. The SMILES string of the molecule is Cc1cc(N2C(=O)Cc3cc(N)ccc32)ncc1N. The molecule has 19 heavy (non-hydrogen) atoms. The van der Waals surface area contributed by atoms with Crippen molar-refractivity contribution in [2.45, 2.75) is 13.3 Å². The number of benzene rings is 1. The summed E-state index contributed by atoms with van der Waals surface area (Å²) in [5.74, 6) is 0.595. The minimum atomic E-state index is -0.00253. The number of pyridine rings is 1. The van der Waals surface area contributed by atoms with Crippen LogP contribution in [0.4, 0.5) is 22.9 Å². The van der Waals surface area contributed by atoms with E-state index in [1.54, 1.807) is 17.2 Å². The van der Waals surface area contributed by atoms with E-state index in [-0.39, 0.29) is 5.91 Å². The molecule has 1 aliphatic heterocycles. The number of rotatable bonds is 1. The minimum Gasteiger partial charge on any atom is -0.399 e. The lowest BCUT2D eigenvalue weighted by Gasteiger charge is -2.17. The number of nitrogens with zero attached hydrogens (tertiary/aromatic N) is 2. The summed E-state index contributed by atoms with van der Waals surface area (Å²) in [5, 5.41) is 0. The molecule has 5 nitrogen and oxygen atoms in total. The Morgan fingerprint density at radius 2 is 2.05 bits per heavy atom. The zero-order valence-corrected chi connectivity index (χ0v) is 10.6. The Balaban J connectivity index is 2.11. The third-order valence-corrected chi connectivity index (χ3v) is 3.30. The predicted octanol–water partition coefficient (Wildman–Crippen LogP) is 1.78. The molecule has 0 spiro atoms. The Hall–Kier alpha value is -2.56. The highest BCUT2D eigenvalue weighted by molar-refractivity contribution is 6.07. The van der Waals surface area contributed by atoms with E-state index in [4.69, 9.17) is 11.5 Å². The van der Waals surface area contributed by atoms with E-state index >= 15 is 0 Å². The molecule has 0 saturated heterocycles. The molecule has 4 N–H and O–H groups in total. The summed E-state index contributed by atoms with van der Waals surface area (Å²) in [4.78, 5) is 18.0. The fourth-order valence-corrected chi connectivity index (χ4v) is 2.27. The van der Waals surface area contributed by atoms with Crippen LogP contribution in [0.1, 0.15) is 11.1 Å². The van der Waals surface area contributed by atoms with Crippen LogP contribution in [0.15, 0.2) is 30.5 Å². The number of nitrogen functional groups attached to an aromatic ring is 2. The maximum atomic E-state index is 12.2. The second-order valence-corrected chi connectivity index (χ2v) is 4.69. The molecule has 0 unspecified atom stereocenters. The van der Waals surface area contributed by atoms with Crippen molar-refractivity contribution in [1.82, 2.24) is 4.98 Å². The van der Waals surface area contributed by atoms with Crippen LogP contribution in [0.2, 0.25) is 0 Å². The zero-order chi connectivity index (χ0) is 13.6. The molecule has 0 aliphatic carbocycles. The summed E-state index contributed by atoms with van der Waals surface area (Å²) in [7, 11) is 0. The van der Waals surface area contributed by atoms with Gasteiger partial charge in [-0.1, -0.05) is 0 Å². The molecule has 1 amide bonds. The van der Waals surface area contributed by atoms with Crippen LogP contribution in [-0.4, -0.2) is 10.9 Å². The maximum absolute atomic E-state index is 12.2. The van der Waals surface area contributed by atoms with Crippen molar-refractivity contribution in [3.05, 3.63) is 41.6 Å². The normalized spacial score (nSPS) is 13.7. The van der Waals surface area contributed by atoms with Crippen LogP contribution in [0.3, 0.4) is 0 Å². The third-order valence-electron chi connectivity index (χ3n) is 3.30. The smallest absolute Gasteiger partial charge is 0.237 e. The van der Waals surface area contributed by atoms with Crippen molar-refractivity contribution in [2.24, 2.45) is 0 Å². The molecule has 3 rings (SSSR count). The lowest BCUT2D eigenvalue weighted by atomic mass is 10.1. The third kappa shape index (κ3) is 1.79. The van der Waals surface area contributed by atoms with Crippen molar-refractivity contribution in [2.75, 3.05) is 16.4 Å². The fraction of sp³-hybridized carbons (Fsp3) is 0.143. The van der Waals surface area contributed by atoms with Gasteiger partial charge in [-0.15, -0.1) is 0 Å². The number of hydrogen-bond donors (Lipinski definition) is 2. The van der Waals surface area contributed by atoms with Gasteiger partial charge in [0.25, 0.3) is 0 Å². The van der Waals surface area contributed by atoms with E-state index in [9.17, 15) is 4.79 Å². The molecular formula is C14H14N4O. The van der Waals surface area contributed by atoms with E-state index in [1.807, 2.05) is 25.1 Å². The molecule has 96 valence electrons. The Morgan fingerprint density at radius 3 is 2.79 bits per heavy atom. The van der Waals surface area contributed by atoms with Gasteiger partial charge in [-0.05, 0) is 42.3 Å². The summed E-state index contributed by atoms with van der Waals surface area (Å²) in [5.41, 5.74) is 15.5. The van der Waals surface area contributed by atoms with E-state index in [2.05, 4.69) is 4.98 Å². The first-order valence-corrected chi connectivity index (χ1v) is 6.00. The highest BCUT2D eigenvalue weighted by Gasteiger charge is 2.29. The summed E-state index contributed by atoms with van der Waals surface area (Å²) in [6.07, 6.45) is 1.93. The highest BCUT2D eigenvalue weighted by atomic mass is 16.2. The molecule has 0 fully saturated rings. The first-order valence-electron chi connectivity index (χ1n) is 6.00.